The number of hydrogen-bond acceptors (Lipinski definition) is 4. The molecule has 0 aliphatic carbocycles. The van der Waals surface area contributed by atoms with Crippen molar-refractivity contribution in [2.45, 2.75) is 6.54 Å². The Kier molecular flexibility index (Phi) is 7.27. The van der Waals surface area contributed by atoms with E-state index in [9.17, 15) is 9.59 Å². The van der Waals surface area contributed by atoms with E-state index in [1.807, 2.05) is 73.6 Å². The molecule has 0 heterocycles. The third-order valence-corrected chi connectivity index (χ3v) is 4.91. The summed E-state index contributed by atoms with van der Waals surface area (Å²) in [4.78, 5) is 29.1. The summed E-state index contributed by atoms with van der Waals surface area (Å²) < 4.78 is 5.23. The van der Waals surface area contributed by atoms with Gasteiger partial charge in [0.1, 0.15) is 5.75 Å². The second-order valence-electron chi connectivity index (χ2n) is 7.29. The third-order valence-electron chi connectivity index (χ3n) is 4.91. The summed E-state index contributed by atoms with van der Waals surface area (Å²) in [5.41, 5.74) is 3.33. The molecule has 0 saturated carbocycles. The lowest BCUT2D eigenvalue weighted by molar-refractivity contribution is -0.117. The van der Waals surface area contributed by atoms with E-state index >= 15 is 0 Å². The smallest absolute Gasteiger partial charge is 0.251 e. The number of nitrogens with one attached hydrogen (secondary N) is 1. The van der Waals surface area contributed by atoms with Crippen molar-refractivity contribution in [1.82, 2.24) is 5.32 Å². The minimum absolute atomic E-state index is 0.102. The Morgan fingerprint density at radius 2 is 1.45 bits per heavy atom. The highest BCUT2D eigenvalue weighted by atomic mass is 16.5. The van der Waals surface area contributed by atoms with Crippen molar-refractivity contribution >= 4 is 23.2 Å². The summed E-state index contributed by atoms with van der Waals surface area (Å²) in [6, 6.07) is 24.2. The molecule has 1 N–H and O–H groups in total. The van der Waals surface area contributed by atoms with Crippen molar-refractivity contribution in [3.8, 4) is 5.75 Å². The summed E-state index contributed by atoms with van der Waals surface area (Å²) >= 11 is 0. The number of nitrogens with zero attached hydrogens (tertiary/aromatic N) is 2. The predicted octanol–water partition coefficient (Wildman–Crippen LogP) is 3.72. The lowest BCUT2D eigenvalue weighted by Gasteiger charge is -2.24. The van der Waals surface area contributed by atoms with E-state index in [1.54, 1.807) is 36.3 Å². The van der Waals surface area contributed by atoms with Gasteiger partial charge in [0.2, 0.25) is 5.91 Å². The van der Waals surface area contributed by atoms with Crippen LogP contribution in [0.4, 0.5) is 11.4 Å². The van der Waals surface area contributed by atoms with Crippen LogP contribution >= 0.6 is 0 Å². The van der Waals surface area contributed by atoms with Crippen molar-refractivity contribution in [2.75, 3.05) is 37.5 Å². The van der Waals surface area contributed by atoms with E-state index in [1.165, 1.54) is 0 Å². The number of anilines is 2. The second kappa shape index (κ2) is 10.3. The van der Waals surface area contributed by atoms with E-state index in [0.717, 1.165) is 16.9 Å². The molecule has 0 radical (unpaired) electrons. The first kappa shape index (κ1) is 21.9. The molecule has 6 heteroatoms. The second-order valence-corrected chi connectivity index (χ2v) is 7.29. The van der Waals surface area contributed by atoms with Crippen LogP contribution in [0.1, 0.15) is 15.9 Å². The largest absolute Gasteiger partial charge is 0.497 e. The van der Waals surface area contributed by atoms with Gasteiger partial charge in [-0.3, -0.25) is 9.59 Å². The molecule has 3 rings (SSSR count). The van der Waals surface area contributed by atoms with Crippen LogP contribution in [0.5, 0.6) is 5.75 Å². The number of amides is 2. The van der Waals surface area contributed by atoms with Gasteiger partial charge in [-0.15, -0.1) is 0 Å². The normalized spacial score (nSPS) is 10.3. The van der Waals surface area contributed by atoms with E-state index in [4.69, 9.17) is 4.74 Å². The minimum atomic E-state index is -0.279. The van der Waals surface area contributed by atoms with E-state index in [2.05, 4.69) is 5.32 Å². The number of hydrogen-bond donors (Lipinski definition) is 1. The molecular weight excluding hydrogens is 390 g/mol. The molecule has 0 atom stereocenters. The van der Waals surface area contributed by atoms with Gasteiger partial charge < -0.3 is 19.9 Å². The van der Waals surface area contributed by atoms with Crippen LogP contribution < -0.4 is 19.9 Å². The molecular formula is C25H27N3O3. The van der Waals surface area contributed by atoms with E-state index < -0.39 is 0 Å². The average molecular weight is 418 g/mol. The van der Waals surface area contributed by atoms with Crippen LogP contribution in [-0.2, 0) is 11.3 Å². The van der Waals surface area contributed by atoms with Gasteiger partial charge in [-0.1, -0.05) is 30.3 Å². The van der Waals surface area contributed by atoms with Gasteiger partial charge in [0.25, 0.3) is 5.91 Å². The van der Waals surface area contributed by atoms with Crippen LogP contribution in [0.25, 0.3) is 0 Å². The highest BCUT2D eigenvalue weighted by Gasteiger charge is 2.18. The summed E-state index contributed by atoms with van der Waals surface area (Å²) in [5.74, 6) is 0.231. The molecule has 0 bridgehead atoms. The summed E-state index contributed by atoms with van der Waals surface area (Å²) in [6.45, 7) is 0.287. The van der Waals surface area contributed by atoms with Crippen LogP contribution in [0.15, 0.2) is 78.9 Å². The molecule has 0 aromatic heterocycles. The van der Waals surface area contributed by atoms with Crippen LogP contribution in [0, 0.1) is 0 Å². The molecule has 0 saturated heterocycles. The zero-order chi connectivity index (χ0) is 22.2. The number of ether oxygens (including phenoxy) is 1. The fourth-order valence-corrected chi connectivity index (χ4v) is 3.11. The number of methoxy groups -OCH3 is 1. The molecule has 0 fully saturated rings. The Hall–Kier alpha value is -3.80. The SMILES string of the molecule is COc1ccc(N(Cc2ccc(N(C)C)cc2)C(=O)CNC(=O)c2ccccc2)cc1. The molecule has 6 nitrogen and oxygen atoms in total. The maximum absolute atomic E-state index is 13.1. The first-order chi connectivity index (χ1) is 15.0. The van der Waals surface area contributed by atoms with Crippen molar-refractivity contribution in [3.63, 3.8) is 0 Å². The standard InChI is InChI=1S/C25H27N3O3/c1-27(2)21-11-9-19(10-12-21)18-28(22-13-15-23(31-3)16-14-22)24(29)17-26-25(30)20-7-5-4-6-8-20/h4-16H,17-18H2,1-3H3,(H,26,30). The molecule has 0 unspecified atom stereocenters. The highest BCUT2D eigenvalue weighted by Crippen LogP contribution is 2.22. The fraction of sp³-hybridized carbons (Fsp3) is 0.200. The molecule has 31 heavy (non-hydrogen) atoms. The Morgan fingerprint density at radius 3 is 2.03 bits per heavy atom. The summed E-state index contributed by atoms with van der Waals surface area (Å²) in [5, 5.41) is 2.72. The number of benzene rings is 3. The highest BCUT2D eigenvalue weighted by molar-refractivity contribution is 6.00. The summed E-state index contributed by atoms with van der Waals surface area (Å²) in [6.07, 6.45) is 0. The Labute approximate surface area is 183 Å². The Bertz CT molecular complexity index is 1000. The van der Waals surface area contributed by atoms with Crippen molar-refractivity contribution in [2.24, 2.45) is 0 Å². The lowest BCUT2D eigenvalue weighted by atomic mass is 10.1. The fourth-order valence-electron chi connectivity index (χ4n) is 3.11. The number of carbonyl (C=O) groups is 2. The monoisotopic (exact) mass is 417 g/mol. The van der Waals surface area contributed by atoms with Crippen molar-refractivity contribution < 1.29 is 14.3 Å². The topological polar surface area (TPSA) is 61.9 Å². The molecule has 160 valence electrons. The van der Waals surface area contributed by atoms with Crippen LogP contribution in [0.2, 0.25) is 0 Å². The van der Waals surface area contributed by atoms with Crippen molar-refractivity contribution in [3.05, 3.63) is 90.0 Å². The maximum atomic E-state index is 13.1. The maximum Gasteiger partial charge on any atom is 0.251 e. The number of carbonyl (C=O) groups excluding carboxylic acids is 2. The van der Waals surface area contributed by atoms with Crippen LogP contribution in [-0.4, -0.2) is 39.6 Å². The Balaban J connectivity index is 1.77. The van der Waals surface area contributed by atoms with Gasteiger partial charge in [-0.25, -0.2) is 0 Å². The molecule has 0 aliphatic rings. The molecule has 2 amide bonds. The van der Waals surface area contributed by atoms with E-state index in [0.29, 0.717) is 17.9 Å². The number of rotatable bonds is 8. The van der Waals surface area contributed by atoms with Gasteiger partial charge >= 0.3 is 0 Å². The first-order valence-electron chi connectivity index (χ1n) is 10.0. The van der Waals surface area contributed by atoms with Gasteiger partial charge in [0, 0.05) is 31.0 Å². The zero-order valence-corrected chi connectivity index (χ0v) is 18.0. The lowest BCUT2D eigenvalue weighted by Crippen LogP contribution is -2.40. The molecule has 3 aromatic rings. The van der Waals surface area contributed by atoms with E-state index in [-0.39, 0.29) is 18.4 Å². The van der Waals surface area contributed by atoms with Crippen molar-refractivity contribution in [1.29, 1.82) is 0 Å². The summed E-state index contributed by atoms with van der Waals surface area (Å²) in [7, 11) is 5.57. The minimum Gasteiger partial charge on any atom is -0.497 e. The molecule has 0 spiro atoms. The van der Waals surface area contributed by atoms with Gasteiger partial charge in [-0.2, -0.15) is 0 Å². The van der Waals surface area contributed by atoms with Crippen LogP contribution in [0.3, 0.4) is 0 Å². The van der Waals surface area contributed by atoms with Gasteiger partial charge in [0.05, 0.1) is 20.2 Å². The van der Waals surface area contributed by atoms with Gasteiger partial charge in [0.15, 0.2) is 0 Å². The average Bonchev–Trinajstić information content (AvgIpc) is 2.81. The quantitative estimate of drug-likeness (QED) is 0.607. The Morgan fingerprint density at radius 1 is 0.839 bits per heavy atom. The molecule has 3 aromatic carbocycles. The molecule has 0 aliphatic heterocycles. The first-order valence-corrected chi connectivity index (χ1v) is 10.0. The predicted molar refractivity (Wildman–Crippen MR) is 124 cm³/mol. The zero-order valence-electron chi connectivity index (χ0n) is 18.0. The van der Waals surface area contributed by atoms with Gasteiger partial charge in [-0.05, 0) is 54.1 Å². The third kappa shape index (κ3) is 5.85.